The minimum atomic E-state index is -0.915. The SMILES string of the molecule is CCCC1=C(C(=O)OCC)[C@@H](c2cc(OC)ccc2OC)n2c(s/c(=C\c3cc(-c4ccccc4)n(-c4ccc([N+](=O)[O-])cc4)c3-c3ccccc3)c2=O)=N1. The Morgan fingerprint density at radius 2 is 1.60 bits per heavy atom. The van der Waals surface area contributed by atoms with Crippen LogP contribution in [0.15, 0.2) is 130 Å². The lowest BCUT2D eigenvalue weighted by atomic mass is 9.93. The Morgan fingerprint density at radius 1 is 0.909 bits per heavy atom. The molecule has 0 saturated carbocycles. The standard InChI is InChI=1S/C43H38N4O7S/c1-5-13-34-38(42(49)54-6-2)40(33-26-32(52-3)22-23-36(33)53-4)46-41(48)37(55-43(46)44-34)25-29-24-35(27-14-9-7-10-15-27)45(39(29)28-16-11-8-12-17-28)30-18-20-31(21-19-30)47(50)51/h7-12,14-26,40H,5-6,13H2,1-4H3/b37-25-/t40-/m1/s1. The maximum atomic E-state index is 14.9. The molecule has 0 bridgehead atoms. The van der Waals surface area contributed by atoms with Crippen LogP contribution in [0.4, 0.5) is 5.69 Å². The van der Waals surface area contributed by atoms with Crippen LogP contribution in [-0.4, -0.2) is 40.9 Å². The van der Waals surface area contributed by atoms with Gasteiger partial charge in [-0.1, -0.05) is 85.3 Å². The van der Waals surface area contributed by atoms with Crippen LogP contribution in [0, 0.1) is 10.1 Å². The van der Waals surface area contributed by atoms with E-state index in [1.54, 1.807) is 56.0 Å². The number of nitro groups is 1. The van der Waals surface area contributed by atoms with Crippen LogP contribution in [0.1, 0.15) is 43.9 Å². The summed E-state index contributed by atoms with van der Waals surface area (Å²) in [6, 6.07) is 32.4. The zero-order valence-corrected chi connectivity index (χ0v) is 31.5. The largest absolute Gasteiger partial charge is 0.497 e. The molecular formula is C43H38N4O7S. The Hall–Kier alpha value is -6.53. The quantitative estimate of drug-likeness (QED) is 0.0715. The summed E-state index contributed by atoms with van der Waals surface area (Å²) in [6.07, 6.45) is 3.05. The number of aromatic nitrogens is 2. The highest BCUT2D eigenvalue weighted by atomic mass is 32.1. The highest BCUT2D eigenvalue weighted by molar-refractivity contribution is 7.07. The van der Waals surface area contributed by atoms with E-state index in [1.165, 1.54) is 23.5 Å². The molecule has 0 unspecified atom stereocenters. The minimum Gasteiger partial charge on any atom is -0.497 e. The number of benzene rings is 4. The zero-order valence-electron chi connectivity index (χ0n) is 30.7. The first-order valence-electron chi connectivity index (χ1n) is 17.8. The molecule has 12 heteroatoms. The number of nitro benzene ring substituents is 1. The van der Waals surface area contributed by atoms with Gasteiger partial charge in [0.15, 0.2) is 4.80 Å². The molecule has 1 atom stereocenters. The van der Waals surface area contributed by atoms with Crippen molar-refractivity contribution >= 4 is 29.1 Å². The minimum absolute atomic E-state index is 0.0217. The molecule has 1 aliphatic rings. The van der Waals surface area contributed by atoms with Gasteiger partial charge in [-0.2, -0.15) is 0 Å². The zero-order chi connectivity index (χ0) is 38.6. The first-order valence-corrected chi connectivity index (χ1v) is 18.6. The summed E-state index contributed by atoms with van der Waals surface area (Å²) in [5.74, 6) is 0.445. The summed E-state index contributed by atoms with van der Waals surface area (Å²) in [4.78, 5) is 45.3. The van der Waals surface area contributed by atoms with Crippen LogP contribution < -0.4 is 24.4 Å². The van der Waals surface area contributed by atoms with Crippen molar-refractivity contribution in [1.82, 2.24) is 9.13 Å². The number of carbonyl (C=O) groups excluding carboxylic acids is 1. The summed E-state index contributed by atoms with van der Waals surface area (Å²) in [5, 5.41) is 11.6. The summed E-state index contributed by atoms with van der Waals surface area (Å²) in [7, 11) is 3.10. The smallest absolute Gasteiger partial charge is 0.338 e. The van der Waals surface area contributed by atoms with Gasteiger partial charge in [0, 0.05) is 28.9 Å². The number of carbonyl (C=O) groups is 1. The van der Waals surface area contributed by atoms with Crippen molar-refractivity contribution in [3.05, 3.63) is 161 Å². The number of ether oxygens (including phenoxy) is 3. The van der Waals surface area contributed by atoms with Crippen molar-refractivity contribution in [3.63, 3.8) is 0 Å². The second-order valence-electron chi connectivity index (χ2n) is 12.7. The summed E-state index contributed by atoms with van der Waals surface area (Å²) >= 11 is 1.24. The van der Waals surface area contributed by atoms with Crippen molar-refractivity contribution in [2.24, 2.45) is 4.99 Å². The Labute approximate surface area is 320 Å². The number of esters is 1. The molecule has 0 spiro atoms. The number of hydrogen-bond acceptors (Lipinski definition) is 9. The van der Waals surface area contributed by atoms with Crippen LogP contribution >= 0.6 is 11.3 Å². The molecule has 1 aliphatic heterocycles. The molecule has 6 aromatic rings. The summed E-state index contributed by atoms with van der Waals surface area (Å²) in [5.41, 5.74) is 5.83. The fourth-order valence-corrected chi connectivity index (χ4v) is 7.96. The van der Waals surface area contributed by atoms with Crippen molar-refractivity contribution in [2.75, 3.05) is 20.8 Å². The molecule has 0 saturated heterocycles. The maximum Gasteiger partial charge on any atom is 0.338 e. The highest BCUT2D eigenvalue weighted by Crippen LogP contribution is 2.40. The predicted molar refractivity (Wildman–Crippen MR) is 212 cm³/mol. The molecule has 0 fully saturated rings. The topological polar surface area (TPSA) is 127 Å². The fourth-order valence-electron chi connectivity index (χ4n) is 6.95. The second-order valence-corrected chi connectivity index (χ2v) is 13.7. The third-order valence-electron chi connectivity index (χ3n) is 9.38. The maximum absolute atomic E-state index is 14.9. The monoisotopic (exact) mass is 754 g/mol. The van der Waals surface area contributed by atoms with E-state index in [4.69, 9.17) is 19.2 Å². The van der Waals surface area contributed by atoms with Crippen LogP contribution in [0.25, 0.3) is 34.3 Å². The van der Waals surface area contributed by atoms with Crippen LogP contribution in [0.5, 0.6) is 11.5 Å². The number of fused-ring (bicyclic) bond motifs is 1. The van der Waals surface area contributed by atoms with Crippen molar-refractivity contribution in [1.29, 1.82) is 0 Å². The highest BCUT2D eigenvalue weighted by Gasteiger charge is 2.36. The fraction of sp³-hybridized carbons (Fsp3) is 0.186. The Balaban J connectivity index is 1.54. The van der Waals surface area contributed by atoms with Gasteiger partial charge in [0.25, 0.3) is 11.2 Å². The van der Waals surface area contributed by atoms with Crippen LogP contribution in [-0.2, 0) is 9.53 Å². The number of methoxy groups -OCH3 is 2. The Morgan fingerprint density at radius 3 is 2.22 bits per heavy atom. The number of rotatable bonds is 12. The lowest BCUT2D eigenvalue weighted by molar-refractivity contribution is -0.384. The van der Waals surface area contributed by atoms with E-state index in [1.807, 2.05) is 79.7 Å². The molecule has 4 aromatic carbocycles. The summed E-state index contributed by atoms with van der Waals surface area (Å²) in [6.45, 7) is 3.89. The van der Waals surface area contributed by atoms with E-state index in [2.05, 4.69) is 4.57 Å². The number of thiazole rings is 1. The molecule has 0 N–H and O–H groups in total. The third kappa shape index (κ3) is 6.99. The molecule has 3 heterocycles. The van der Waals surface area contributed by atoms with Gasteiger partial charge in [-0.3, -0.25) is 19.5 Å². The number of non-ortho nitro benzene ring substituents is 1. The molecule has 11 nitrogen and oxygen atoms in total. The van der Waals surface area contributed by atoms with Gasteiger partial charge in [0.1, 0.15) is 17.5 Å². The third-order valence-corrected chi connectivity index (χ3v) is 10.4. The first-order chi connectivity index (χ1) is 26.8. The van der Waals surface area contributed by atoms with Gasteiger partial charge in [-0.25, -0.2) is 9.79 Å². The van der Waals surface area contributed by atoms with Crippen molar-refractivity contribution < 1.29 is 23.9 Å². The van der Waals surface area contributed by atoms with E-state index < -0.39 is 16.9 Å². The van der Waals surface area contributed by atoms with Gasteiger partial charge in [-0.05, 0) is 66.9 Å². The molecule has 2 aromatic heterocycles. The van der Waals surface area contributed by atoms with Gasteiger partial charge in [-0.15, -0.1) is 0 Å². The van der Waals surface area contributed by atoms with Gasteiger partial charge in [0.2, 0.25) is 0 Å². The molecule has 0 amide bonds. The van der Waals surface area contributed by atoms with E-state index in [0.29, 0.717) is 50.6 Å². The Kier molecular flexibility index (Phi) is 10.6. The molecule has 55 heavy (non-hydrogen) atoms. The Bertz CT molecular complexity index is 2610. The molecule has 0 aliphatic carbocycles. The van der Waals surface area contributed by atoms with E-state index in [0.717, 1.165) is 28.1 Å². The summed E-state index contributed by atoms with van der Waals surface area (Å²) < 4.78 is 21.0. The van der Waals surface area contributed by atoms with E-state index in [9.17, 15) is 19.7 Å². The average Bonchev–Trinajstić information content (AvgIpc) is 3.74. The molecule has 0 radical (unpaired) electrons. The number of allylic oxidation sites excluding steroid dienone is 1. The van der Waals surface area contributed by atoms with Crippen molar-refractivity contribution in [2.45, 2.75) is 32.7 Å². The molecular weight excluding hydrogens is 717 g/mol. The lowest BCUT2D eigenvalue weighted by Gasteiger charge is -2.27. The van der Waals surface area contributed by atoms with Crippen molar-refractivity contribution in [3.8, 4) is 39.7 Å². The first kappa shape index (κ1) is 36.8. The number of hydrogen-bond donors (Lipinski definition) is 0. The lowest BCUT2D eigenvalue weighted by Crippen LogP contribution is -2.40. The molecule has 7 rings (SSSR count). The average molecular weight is 755 g/mol. The molecule has 278 valence electrons. The van der Waals surface area contributed by atoms with Gasteiger partial charge < -0.3 is 18.8 Å². The normalized spacial score (nSPS) is 14.0. The van der Waals surface area contributed by atoms with E-state index >= 15 is 0 Å². The second kappa shape index (κ2) is 15.8. The van der Waals surface area contributed by atoms with Gasteiger partial charge in [0.05, 0.1) is 52.9 Å². The van der Waals surface area contributed by atoms with E-state index in [-0.39, 0.29) is 23.4 Å². The van der Waals surface area contributed by atoms with Gasteiger partial charge >= 0.3 is 5.97 Å². The predicted octanol–water partition coefficient (Wildman–Crippen LogP) is 7.63. The van der Waals surface area contributed by atoms with Crippen LogP contribution in [0.2, 0.25) is 0 Å². The van der Waals surface area contributed by atoms with Crippen LogP contribution in [0.3, 0.4) is 0 Å². The number of nitrogens with zero attached hydrogens (tertiary/aromatic N) is 4.